The van der Waals surface area contributed by atoms with Gasteiger partial charge in [0.15, 0.2) is 0 Å². The molecule has 0 spiro atoms. The van der Waals surface area contributed by atoms with E-state index in [0.29, 0.717) is 30.9 Å². The summed E-state index contributed by atoms with van der Waals surface area (Å²) in [5, 5.41) is 11.3. The Morgan fingerprint density at radius 2 is 1.93 bits per heavy atom. The van der Waals surface area contributed by atoms with Crippen LogP contribution in [0.5, 0.6) is 0 Å². The fraction of sp³-hybridized carbons (Fsp3) is 0.381. The molecule has 1 atom stereocenters. The fourth-order valence-corrected chi connectivity index (χ4v) is 4.69. The van der Waals surface area contributed by atoms with Crippen molar-refractivity contribution in [1.82, 2.24) is 20.1 Å². The summed E-state index contributed by atoms with van der Waals surface area (Å²) < 4.78 is 0.238. The molecule has 1 saturated heterocycles. The van der Waals surface area contributed by atoms with Crippen LogP contribution in [-0.2, 0) is 17.8 Å². The maximum atomic E-state index is 13.7. The molecule has 152 valence electrons. The molecule has 1 aromatic heterocycles. The van der Waals surface area contributed by atoms with Crippen LogP contribution in [0.15, 0.2) is 36.5 Å². The number of nitrogen functional groups attached to an aromatic ring is 1. The van der Waals surface area contributed by atoms with Gasteiger partial charge in [0.1, 0.15) is 16.5 Å². The standard InChI is InChI=1S/C21H25BrN6O/c22-19(23)17-16-6-9-28(13-15(16)12-26-20(17)24)21(29)18(14-4-2-1-3-5-14)27-10-7-25-8-11-27/h1-5,12,18,23,25H,6-11,13H2,(H2,24,26). The second-order valence-corrected chi connectivity index (χ2v) is 8.24. The number of rotatable bonds is 4. The molecular weight excluding hydrogens is 432 g/mol. The number of hydrogen-bond acceptors (Lipinski definition) is 6. The molecule has 2 aliphatic rings. The van der Waals surface area contributed by atoms with Gasteiger partial charge in [-0.25, -0.2) is 4.98 Å². The Hall–Kier alpha value is -2.29. The third-order valence-corrected chi connectivity index (χ3v) is 6.09. The third-order valence-electron chi connectivity index (χ3n) is 5.70. The largest absolute Gasteiger partial charge is 0.383 e. The zero-order chi connectivity index (χ0) is 20.4. The number of halogens is 1. The molecule has 2 aliphatic heterocycles. The highest BCUT2D eigenvalue weighted by Crippen LogP contribution is 2.30. The highest BCUT2D eigenvalue weighted by molar-refractivity contribution is 9.18. The van der Waals surface area contributed by atoms with Crippen molar-refractivity contribution in [3.05, 3.63) is 58.8 Å². The van der Waals surface area contributed by atoms with Gasteiger partial charge < -0.3 is 16.0 Å². The Balaban J connectivity index is 1.62. The van der Waals surface area contributed by atoms with Crippen LogP contribution in [0, 0.1) is 5.41 Å². The van der Waals surface area contributed by atoms with Crippen molar-refractivity contribution in [2.75, 3.05) is 38.5 Å². The van der Waals surface area contributed by atoms with Crippen LogP contribution in [0.25, 0.3) is 0 Å². The van der Waals surface area contributed by atoms with E-state index in [0.717, 1.165) is 42.9 Å². The molecule has 1 amide bonds. The van der Waals surface area contributed by atoms with E-state index in [1.165, 1.54) is 0 Å². The molecular formula is C21H25BrN6O. The van der Waals surface area contributed by atoms with Crippen LogP contribution in [0.3, 0.4) is 0 Å². The fourth-order valence-electron chi connectivity index (χ4n) is 4.25. The molecule has 29 heavy (non-hydrogen) atoms. The zero-order valence-corrected chi connectivity index (χ0v) is 17.8. The smallest absolute Gasteiger partial charge is 0.244 e. The van der Waals surface area contributed by atoms with Crippen molar-refractivity contribution >= 4 is 32.3 Å². The average molecular weight is 457 g/mol. The van der Waals surface area contributed by atoms with Crippen LogP contribution in [0.4, 0.5) is 5.82 Å². The zero-order valence-electron chi connectivity index (χ0n) is 16.2. The minimum Gasteiger partial charge on any atom is -0.383 e. The lowest BCUT2D eigenvalue weighted by atomic mass is 9.95. The Morgan fingerprint density at radius 3 is 2.62 bits per heavy atom. The number of nitrogens with one attached hydrogen (secondary N) is 2. The highest BCUT2D eigenvalue weighted by Gasteiger charge is 2.34. The van der Waals surface area contributed by atoms with Gasteiger partial charge in [-0.1, -0.05) is 30.3 Å². The third kappa shape index (κ3) is 4.05. The second-order valence-electron chi connectivity index (χ2n) is 7.45. The van der Waals surface area contributed by atoms with Gasteiger partial charge in [-0.15, -0.1) is 0 Å². The van der Waals surface area contributed by atoms with Crippen molar-refractivity contribution in [2.24, 2.45) is 0 Å². The number of fused-ring (bicyclic) bond motifs is 1. The molecule has 2 aromatic rings. The van der Waals surface area contributed by atoms with E-state index in [-0.39, 0.29) is 16.6 Å². The minimum absolute atomic E-state index is 0.121. The van der Waals surface area contributed by atoms with E-state index in [4.69, 9.17) is 11.1 Å². The maximum absolute atomic E-state index is 13.7. The Morgan fingerprint density at radius 1 is 1.21 bits per heavy atom. The molecule has 3 heterocycles. The van der Waals surface area contributed by atoms with Gasteiger partial charge in [0.05, 0.1) is 5.56 Å². The van der Waals surface area contributed by atoms with E-state index in [2.05, 4.69) is 31.1 Å². The summed E-state index contributed by atoms with van der Waals surface area (Å²) in [6, 6.07) is 9.75. The molecule has 0 saturated carbocycles. The van der Waals surface area contributed by atoms with Gasteiger partial charge in [0.25, 0.3) is 0 Å². The normalized spacial score (nSPS) is 18.2. The number of piperazine rings is 1. The van der Waals surface area contributed by atoms with E-state index >= 15 is 0 Å². The number of aromatic nitrogens is 1. The summed E-state index contributed by atoms with van der Waals surface area (Å²) in [6.45, 7) is 4.57. The number of nitrogens with zero attached hydrogens (tertiary/aromatic N) is 3. The van der Waals surface area contributed by atoms with Crippen molar-refractivity contribution in [3.8, 4) is 0 Å². The molecule has 4 N–H and O–H groups in total. The van der Waals surface area contributed by atoms with Gasteiger partial charge in [-0.2, -0.15) is 0 Å². The summed E-state index contributed by atoms with van der Waals surface area (Å²) >= 11 is 3.23. The molecule has 7 nitrogen and oxygen atoms in total. The SMILES string of the molecule is N=C(Br)c1c(N)ncc2c1CCN(C(=O)C(c1ccccc1)N1CCNCC1)C2. The topological polar surface area (TPSA) is 98.3 Å². The summed E-state index contributed by atoms with van der Waals surface area (Å²) in [6.07, 6.45) is 2.41. The molecule has 1 unspecified atom stereocenters. The number of benzene rings is 1. The summed E-state index contributed by atoms with van der Waals surface area (Å²) in [5.41, 5.74) is 9.65. The van der Waals surface area contributed by atoms with E-state index in [9.17, 15) is 4.79 Å². The molecule has 0 aliphatic carbocycles. The number of hydrogen-bond donors (Lipinski definition) is 3. The monoisotopic (exact) mass is 456 g/mol. The van der Waals surface area contributed by atoms with Crippen molar-refractivity contribution < 1.29 is 4.79 Å². The molecule has 0 bridgehead atoms. The Labute approximate surface area is 178 Å². The first-order valence-corrected chi connectivity index (χ1v) is 10.6. The molecule has 1 fully saturated rings. The molecule has 4 rings (SSSR count). The van der Waals surface area contributed by atoms with Crippen molar-refractivity contribution in [2.45, 2.75) is 19.0 Å². The molecule has 1 aromatic carbocycles. The number of carbonyl (C=O) groups is 1. The van der Waals surface area contributed by atoms with Gasteiger partial charge in [-0.3, -0.25) is 15.1 Å². The van der Waals surface area contributed by atoms with Crippen LogP contribution in [-0.4, -0.2) is 58.0 Å². The van der Waals surface area contributed by atoms with Gasteiger partial charge in [-0.05, 0) is 39.0 Å². The van der Waals surface area contributed by atoms with Gasteiger partial charge in [0.2, 0.25) is 5.91 Å². The number of pyridine rings is 1. The second kappa shape index (κ2) is 8.61. The Kier molecular flexibility index (Phi) is 5.94. The van der Waals surface area contributed by atoms with E-state index in [1.807, 2.05) is 35.2 Å². The van der Waals surface area contributed by atoms with Crippen LogP contribution in [0.1, 0.15) is 28.3 Å². The van der Waals surface area contributed by atoms with Crippen molar-refractivity contribution in [1.29, 1.82) is 5.41 Å². The van der Waals surface area contributed by atoms with Gasteiger partial charge >= 0.3 is 0 Å². The van der Waals surface area contributed by atoms with Crippen LogP contribution in [0.2, 0.25) is 0 Å². The molecule has 0 radical (unpaired) electrons. The maximum Gasteiger partial charge on any atom is 0.244 e. The first-order valence-electron chi connectivity index (χ1n) is 9.85. The summed E-state index contributed by atoms with van der Waals surface area (Å²) in [5.74, 6) is 0.476. The number of nitrogens with two attached hydrogens (primary N) is 1. The average Bonchev–Trinajstić information content (AvgIpc) is 2.74. The van der Waals surface area contributed by atoms with E-state index in [1.54, 1.807) is 6.20 Å². The summed E-state index contributed by atoms with van der Waals surface area (Å²) in [7, 11) is 0. The predicted octanol–water partition coefficient (Wildman–Crippen LogP) is 1.92. The highest BCUT2D eigenvalue weighted by atomic mass is 79.9. The predicted molar refractivity (Wildman–Crippen MR) is 117 cm³/mol. The number of carbonyl (C=O) groups excluding carboxylic acids is 1. The lowest BCUT2D eigenvalue weighted by molar-refractivity contribution is -0.138. The van der Waals surface area contributed by atoms with Crippen molar-refractivity contribution in [3.63, 3.8) is 0 Å². The number of amides is 1. The quantitative estimate of drug-likeness (QED) is 0.610. The molecule has 8 heteroatoms. The minimum atomic E-state index is -0.282. The summed E-state index contributed by atoms with van der Waals surface area (Å²) in [4.78, 5) is 22.1. The lowest BCUT2D eigenvalue weighted by Gasteiger charge is -2.38. The van der Waals surface area contributed by atoms with E-state index < -0.39 is 0 Å². The Bertz CT molecular complexity index is 913. The van der Waals surface area contributed by atoms with Crippen LogP contribution >= 0.6 is 15.9 Å². The first kappa shape index (κ1) is 20.0. The van der Waals surface area contributed by atoms with Crippen LogP contribution < -0.4 is 11.1 Å². The number of anilines is 1. The van der Waals surface area contributed by atoms with Gasteiger partial charge in [0, 0.05) is 45.5 Å². The first-order chi connectivity index (χ1) is 14.1. The lowest BCUT2D eigenvalue weighted by Crippen LogP contribution is -2.51.